The lowest BCUT2D eigenvalue weighted by molar-refractivity contribution is -0.0819. The molecule has 2 rings (SSSR count). The van der Waals surface area contributed by atoms with Gasteiger partial charge in [-0.1, -0.05) is 0 Å². The molecule has 0 aliphatic carbocycles. The first-order valence-electron chi connectivity index (χ1n) is 5.81. The maximum atomic E-state index is 10.8. The monoisotopic (exact) mass is 252 g/mol. The average Bonchev–Trinajstić information content (AvgIpc) is 2.37. The van der Waals surface area contributed by atoms with Gasteiger partial charge < -0.3 is 19.9 Å². The van der Waals surface area contributed by atoms with Gasteiger partial charge in [0.1, 0.15) is 5.82 Å². The van der Waals surface area contributed by atoms with Crippen LogP contribution in [0.25, 0.3) is 0 Å². The molecular weight excluding hydrogens is 236 g/mol. The molecule has 1 atom stereocenters. The molecule has 18 heavy (non-hydrogen) atoms. The third-order valence-corrected chi connectivity index (χ3v) is 2.71. The van der Waals surface area contributed by atoms with Crippen molar-refractivity contribution in [1.29, 1.82) is 0 Å². The molecule has 1 fully saturated rings. The smallest absolute Gasteiger partial charge is 0.337 e. The number of aromatic nitrogens is 1. The largest absolute Gasteiger partial charge is 0.478 e. The molecule has 1 aliphatic heterocycles. The van der Waals surface area contributed by atoms with E-state index >= 15 is 0 Å². The quantitative estimate of drug-likeness (QED) is 0.829. The van der Waals surface area contributed by atoms with Gasteiger partial charge in [-0.25, -0.2) is 9.78 Å². The fourth-order valence-electron chi connectivity index (χ4n) is 1.76. The zero-order valence-electron chi connectivity index (χ0n) is 10.2. The lowest BCUT2D eigenvalue weighted by Gasteiger charge is -2.23. The van der Waals surface area contributed by atoms with Gasteiger partial charge in [0.15, 0.2) is 0 Å². The topological polar surface area (TPSA) is 80.7 Å². The predicted molar refractivity (Wildman–Crippen MR) is 65.0 cm³/mol. The average molecular weight is 252 g/mol. The highest BCUT2D eigenvalue weighted by Gasteiger charge is 2.14. The van der Waals surface area contributed by atoms with Crippen LogP contribution >= 0.6 is 0 Å². The Morgan fingerprint density at radius 3 is 3.00 bits per heavy atom. The van der Waals surface area contributed by atoms with Crippen LogP contribution in [0.5, 0.6) is 0 Å². The number of carboxylic acid groups (broad SMARTS) is 1. The van der Waals surface area contributed by atoms with Crippen molar-refractivity contribution >= 4 is 11.8 Å². The summed E-state index contributed by atoms with van der Waals surface area (Å²) in [4.78, 5) is 15.0. The molecule has 2 N–H and O–H groups in total. The summed E-state index contributed by atoms with van der Waals surface area (Å²) < 4.78 is 10.8. The summed E-state index contributed by atoms with van der Waals surface area (Å²) in [6, 6.07) is 3.20. The number of ether oxygens (including phenoxy) is 2. The summed E-state index contributed by atoms with van der Waals surface area (Å²) in [5.74, 6) is -0.317. The van der Waals surface area contributed by atoms with E-state index in [9.17, 15) is 4.79 Å². The molecule has 0 bridgehead atoms. The van der Waals surface area contributed by atoms with Gasteiger partial charge in [0.25, 0.3) is 0 Å². The van der Waals surface area contributed by atoms with Crippen molar-refractivity contribution in [2.75, 3.05) is 31.7 Å². The van der Waals surface area contributed by atoms with Gasteiger partial charge in [-0.2, -0.15) is 0 Å². The number of nitrogens with one attached hydrogen (secondary N) is 1. The van der Waals surface area contributed by atoms with Gasteiger partial charge in [-0.3, -0.25) is 0 Å². The Morgan fingerprint density at radius 2 is 2.39 bits per heavy atom. The van der Waals surface area contributed by atoms with Crippen LogP contribution in [-0.2, 0) is 9.47 Å². The maximum Gasteiger partial charge on any atom is 0.337 e. The molecule has 1 aromatic heterocycles. The van der Waals surface area contributed by atoms with E-state index in [1.165, 1.54) is 0 Å². The molecule has 6 nitrogen and oxygen atoms in total. The maximum absolute atomic E-state index is 10.8. The van der Waals surface area contributed by atoms with Crippen LogP contribution in [0.4, 0.5) is 5.82 Å². The van der Waals surface area contributed by atoms with Gasteiger partial charge in [0.2, 0.25) is 0 Å². The minimum atomic E-state index is -0.962. The van der Waals surface area contributed by atoms with Crippen LogP contribution in [0.1, 0.15) is 16.1 Å². The third-order valence-electron chi connectivity index (χ3n) is 2.71. The number of carboxylic acids is 1. The molecule has 1 aliphatic rings. The summed E-state index contributed by atoms with van der Waals surface area (Å²) in [5.41, 5.74) is 0.714. The summed E-state index contributed by atoms with van der Waals surface area (Å²) in [6.07, 6.45) is 0.0139. The van der Waals surface area contributed by atoms with E-state index in [1.54, 1.807) is 19.1 Å². The number of pyridine rings is 1. The lowest BCUT2D eigenvalue weighted by Crippen LogP contribution is -2.34. The Hall–Kier alpha value is -1.66. The summed E-state index contributed by atoms with van der Waals surface area (Å²) in [5, 5.41) is 12.0. The van der Waals surface area contributed by atoms with E-state index in [0.29, 0.717) is 37.9 Å². The van der Waals surface area contributed by atoms with Gasteiger partial charge in [-0.15, -0.1) is 0 Å². The van der Waals surface area contributed by atoms with Crippen molar-refractivity contribution in [3.05, 3.63) is 23.4 Å². The number of anilines is 1. The van der Waals surface area contributed by atoms with Crippen LogP contribution in [0.2, 0.25) is 0 Å². The molecule has 0 spiro atoms. The normalized spacial score (nSPS) is 19.5. The van der Waals surface area contributed by atoms with Crippen molar-refractivity contribution in [3.8, 4) is 0 Å². The summed E-state index contributed by atoms with van der Waals surface area (Å²) in [7, 11) is 0. The van der Waals surface area contributed by atoms with Gasteiger partial charge >= 0.3 is 5.97 Å². The zero-order chi connectivity index (χ0) is 13.0. The Bertz CT molecular complexity index is 430. The molecule has 2 heterocycles. The molecular formula is C12H16N2O4. The Morgan fingerprint density at radius 1 is 1.56 bits per heavy atom. The van der Waals surface area contributed by atoms with Crippen LogP contribution in [-0.4, -0.2) is 48.5 Å². The first kappa shape index (κ1) is 12.8. The molecule has 1 unspecified atom stereocenters. The highest BCUT2D eigenvalue weighted by atomic mass is 16.6. The Kier molecular flexibility index (Phi) is 4.11. The van der Waals surface area contributed by atoms with E-state index in [2.05, 4.69) is 10.3 Å². The fourth-order valence-corrected chi connectivity index (χ4v) is 1.76. The van der Waals surface area contributed by atoms with E-state index in [0.717, 1.165) is 0 Å². The van der Waals surface area contributed by atoms with E-state index in [-0.39, 0.29) is 11.7 Å². The first-order valence-corrected chi connectivity index (χ1v) is 5.81. The fraction of sp³-hybridized carbons (Fsp3) is 0.500. The van der Waals surface area contributed by atoms with Gasteiger partial charge in [0, 0.05) is 6.54 Å². The molecule has 0 radical (unpaired) electrons. The lowest BCUT2D eigenvalue weighted by atomic mass is 10.2. The van der Waals surface area contributed by atoms with Crippen molar-refractivity contribution in [2.45, 2.75) is 13.0 Å². The van der Waals surface area contributed by atoms with Crippen LogP contribution < -0.4 is 5.32 Å². The highest BCUT2D eigenvalue weighted by molar-refractivity contribution is 5.89. The molecule has 0 amide bonds. The minimum absolute atomic E-state index is 0.0139. The first-order chi connectivity index (χ1) is 8.66. The SMILES string of the molecule is Cc1nc(NCC2COCCO2)ccc1C(=O)O. The van der Waals surface area contributed by atoms with Crippen molar-refractivity contribution < 1.29 is 19.4 Å². The number of aryl methyl sites for hydroxylation is 1. The second-order valence-corrected chi connectivity index (χ2v) is 4.08. The second kappa shape index (κ2) is 5.79. The molecule has 98 valence electrons. The number of hydrogen-bond donors (Lipinski definition) is 2. The Labute approximate surface area is 105 Å². The van der Waals surface area contributed by atoms with Crippen LogP contribution in [0.3, 0.4) is 0 Å². The van der Waals surface area contributed by atoms with E-state index in [1.807, 2.05) is 0 Å². The van der Waals surface area contributed by atoms with Crippen molar-refractivity contribution in [3.63, 3.8) is 0 Å². The van der Waals surface area contributed by atoms with Crippen LogP contribution in [0, 0.1) is 6.92 Å². The number of carbonyl (C=O) groups is 1. The molecule has 1 aromatic rings. The number of rotatable bonds is 4. The van der Waals surface area contributed by atoms with Crippen LogP contribution in [0.15, 0.2) is 12.1 Å². The minimum Gasteiger partial charge on any atom is -0.478 e. The molecule has 0 aromatic carbocycles. The predicted octanol–water partition coefficient (Wildman–Crippen LogP) is 0.916. The zero-order valence-corrected chi connectivity index (χ0v) is 10.2. The molecule has 0 saturated carbocycles. The Balaban J connectivity index is 1.93. The summed E-state index contributed by atoms with van der Waals surface area (Å²) >= 11 is 0. The third kappa shape index (κ3) is 3.18. The highest BCUT2D eigenvalue weighted by Crippen LogP contribution is 2.11. The van der Waals surface area contributed by atoms with Crippen molar-refractivity contribution in [2.24, 2.45) is 0 Å². The number of nitrogens with zero attached hydrogens (tertiary/aromatic N) is 1. The second-order valence-electron chi connectivity index (χ2n) is 4.08. The summed E-state index contributed by atoms with van der Waals surface area (Å²) in [6.45, 7) is 4.09. The molecule has 1 saturated heterocycles. The standard InChI is InChI=1S/C12H16N2O4/c1-8-10(12(15)16)2-3-11(14-8)13-6-9-7-17-4-5-18-9/h2-3,9H,4-7H2,1H3,(H,13,14)(H,15,16). The molecule has 6 heteroatoms. The number of hydrogen-bond acceptors (Lipinski definition) is 5. The number of aromatic carboxylic acids is 1. The van der Waals surface area contributed by atoms with Crippen molar-refractivity contribution in [1.82, 2.24) is 4.98 Å². The van der Waals surface area contributed by atoms with Gasteiger partial charge in [-0.05, 0) is 19.1 Å². The van der Waals surface area contributed by atoms with E-state index < -0.39 is 5.97 Å². The van der Waals surface area contributed by atoms with E-state index in [4.69, 9.17) is 14.6 Å². The van der Waals surface area contributed by atoms with Gasteiger partial charge in [0.05, 0.1) is 37.2 Å².